The molecule has 0 saturated heterocycles. The SMILES string of the molecule is CCNc1cc(NCC2CCCC2)nc(C(C)(C)C)n1. The minimum Gasteiger partial charge on any atom is -0.370 e. The second-order valence-electron chi connectivity index (χ2n) is 6.77. The molecule has 1 heterocycles. The first-order valence-electron chi connectivity index (χ1n) is 7.86. The van der Waals surface area contributed by atoms with Crippen molar-refractivity contribution in [2.75, 3.05) is 23.7 Å². The molecule has 2 rings (SSSR count). The third-order valence-corrected chi connectivity index (χ3v) is 3.80. The van der Waals surface area contributed by atoms with Gasteiger partial charge in [-0.3, -0.25) is 0 Å². The Morgan fingerprint density at radius 1 is 1.10 bits per heavy atom. The largest absolute Gasteiger partial charge is 0.370 e. The van der Waals surface area contributed by atoms with Crippen LogP contribution >= 0.6 is 0 Å². The standard InChI is InChI=1S/C16H28N4/c1-5-17-13-10-14(18-11-12-8-6-7-9-12)20-15(19-13)16(2,3)4/h10,12H,5-9,11H2,1-4H3,(H2,17,18,19,20). The van der Waals surface area contributed by atoms with Crippen molar-refractivity contribution in [3.63, 3.8) is 0 Å². The average molecular weight is 276 g/mol. The second kappa shape index (κ2) is 6.42. The monoisotopic (exact) mass is 276 g/mol. The van der Waals surface area contributed by atoms with E-state index in [9.17, 15) is 0 Å². The van der Waals surface area contributed by atoms with Crippen LogP contribution in [-0.2, 0) is 5.41 Å². The Labute approximate surface area is 122 Å². The molecule has 1 saturated carbocycles. The summed E-state index contributed by atoms with van der Waals surface area (Å²) in [7, 11) is 0. The van der Waals surface area contributed by atoms with Gasteiger partial charge in [-0.1, -0.05) is 33.6 Å². The number of aromatic nitrogens is 2. The fourth-order valence-electron chi connectivity index (χ4n) is 2.61. The van der Waals surface area contributed by atoms with E-state index < -0.39 is 0 Å². The summed E-state index contributed by atoms with van der Waals surface area (Å²) < 4.78 is 0. The summed E-state index contributed by atoms with van der Waals surface area (Å²) in [5.41, 5.74) is -0.0325. The molecule has 4 heteroatoms. The van der Waals surface area contributed by atoms with Gasteiger partial charge in [-0.2, -0.15) is 0 Å². The van der Waals surface area contributed by atoms with Crippen molar-refractivity contribution < 1.29 is 0 Å². The van der Waals surface area contributed by atoms with Gasteiger partial charge in [-0.15, -0.1) is 0 Å². The van der Waals surface area contributed by atoms with Gasteiger partial charge >= 0.3 is 0 Å². The Hall–Kier alpha value is -1.32. The Kier molecular flexibility index (Phi) is 4.84. The molecule has 0 unspecified atom stereocenters. The first-order valence-corrected chi connectivity index (χ1v) is 7.86. The van der Waals surface area contributed by atoms with Crippen LogP contribution in [0.1, 0.15) is 59.2 Å². The highest BCUT2D eigenvalue weighted by atomic mass is 15.1. The van der Waals surface area contributed by atoms with Gasteiger partial charge < -0.3 is 10.6 Å². The van der Waals surface area contributed by atoms with Gasteiger partial charge in [0.15, 0.2) is 0 Å². The molecule has 1 aromatic heterocycles. The fraction of sp³-hybridized carbons (Fsp3) is 0.750. The lowest BCUT2D eigenvalue weighted by atomic mass is 9.96. The highest BCUT2D eigenvalue weighted by molar-refractivity contribution is 5.48. The van der Waals surface area contributed by atoms with Crippen LogP contribution in [0.4, 0.5) is 11.6 Å². The maximum atomic E-state index is 4.69. The van der Waals surface area contributed by atoms with Crippen molar-refractivity contribution in [1.82, 2.24) is 9.97 Å². The highest BCUT2D eigenvalue weighted by Gasteiger charge is 2.20. The van der Waals surface area contributed by atoms with Crippen molar-refractivity contribution in [2.24, 2.45) is 5.92 Å². The van der Waals surface area contributed by atoms with Crippen LogP contribution < -0.4 is 10.6 Å². The van der Waals surface area contributed by atoms with E-state index in [1.807, 2.05) is 6.07 Å². The van der Waals surface area contributed by atoms with Gasteiger partial charge in [0.1, 0.15) is 17.5 Å². The normalized spacial score (nSPS) is 16.4. The zero-order valence-electron chi connectivity index (χ0n) is 13.3. The van der Waals surface area contributed by atoms with Crippen LogP contribution in [0.2, 0.25) is 0 Å². The average Bonchev–Trinajstić information content (AvgIpc) is 2.88. The van der Waals surface area contributed by atoms with Gasteiger partial charge in [0, 0.05) is 24.6 Å². The molecule has 0 aromatic carbocycles. The Balaban J connectivity index is 2.11. The molecular formula is C16H28N4. The Morgan fingerprint density at radius 2 is 1.70 bits per heavy atom. The van der Waals surface area contributed by atoms with E-state index >= 15 is 0 Å². The van der Waals surface area contributed by atoms with Gasteiger partial charge in [0.05, 0.1) is 0 Å². The lowest BCUT2D eigenvalue weighted by molar-refractivity contribution is 0.544. The van der Waals surface area contributed by atoms with Gasteiger partial charge in [-0.05, 0) is 25.7 Å². The maximum Gasteiger partial charge on any atom is 0.138 e. The predicted molar refractivity (Wildman–Crippen MR) is 85.3 cm³/mol. The van der Waals surface area contributed by atoms with Crippen LogP contribution in [0.25, 0.3) is 0 Å². The van der Waals surface area contributed by atoms with E-state index in [4.69, 9.17) is 0 Å². The highest BCUT2D eigenvalue weighted by Crippen LogP contribution is 2.26. The molecule has 112 valence electrons. The molecule has 0 radical (unpaired) electrons. The molecule has 2 N–H and O–H groups in total. The number of nitrogens with zero attached hydrogens (tertiary/aromatic N) is 2. The minimum atomic E-state index is -0.0325. The van der Waals surface area contributed by atoms with Crippen molar-refractivity contribution in [3.8, 4) is 0 Å². The van der Waals surface area contributed by atoms with E-state index in [0.29, 0.717) is 0 Å². The van der Waals surface area contributed by atoms with E-state index in [-0.39, 0.29) is 5.41 Å². The third-order valence-electron chi connectivity index (χ3n) is 3.80. The molecule has 1 aliphatic rings. The van der Waals surface area contributed by atoms with E-state index in [2.05, 4.69) is 48.3 Å². The molecule has 4 nitrogen and oxygen atoms in total. The number of anilines is 2. The number of nitrogens with one attached hydrogen (secondary N) is 2. The van der Waals surface area contributed by atoms with Crippen molar-refractivity contribution in [2.45, 2.75) is 58.8 Å². The minimum absolute atomic E-state index is 0.0325. The number of hydrogen-bond donors (Lipinski definition) is 2. The maximum absolute atomic E-state index is 4.69. The fourth-order valence-corrected chi connectivity index (χ4v) is 2.61. The summed E-state index contributed by atoms with van der Waals surface area (Å²) in [6.07, 6.45) is 5.46. The summed E-state index contributed by atoms with van der Waals surface area (Å²) in [5, 5.41) is 6.80. The number of rotatable bonds is 5. The van der Waals surface area contributed by atoms with Crippen LogP contribution in [0.5, 0.6) is 0 Å². The molecule has 0 amide bonds. The number of hydrogen-bond acceptors (Lipinski definition) is 4. The predicted octanol–water partition coefficient (Wildman–Crippen LogP) is 3.81. The first-order chi connectivity index (χ1) is 9.49. The van der Waals surface area contributed by atoms with Crippen LogP contribution in [-0.4, -0.2) is 23.1 Å². The van der Waals surface area contributed by atoms with Crippen LogP contribution in [0.3, 0.4) is 0 Å². The van der Waals surface area contributed by atoms with Gasteiger partial charge in [-0.25, -0.2) is 9.97 Å². The van der Waals surface area contributed by atoms with E-state index in [1.165, 1.54) is 25.7 Å². The Bertz CT molecular complexity index is 431. The molecule has 1 aromatic rings. The van der Waals surface area contributed by atoms with E-state index in [0.717, 1.165) is 36.5 Å². The summed E-state index contributed by atoms with van der Waals surface area (Å²) >= 11 is 0. The van der Waals surface area contributed by atoms with Gasteiger partial charge in [0.25, 0.3) is 0 Å². The molecule has 0 spiro atoms. The summed E-state index contributed by atoms with van der Waals surface area (Å²) in [6.45, 7) is 10.5. The summed E-state index contributed by atoms with van der Waals surface area (Å²) in [6, 6.07) is 2.02. The quantitative estimate of drug-likeness (QED) is 0.858. The smallest absolute Gasteiger partial charge is 0.138 e. The molecule has 1 fully saturated rings. The van der Waals surface area contributed by atoms with Crippen LogP contribution in [0.15, 0.2) is 6.07 Å². The van der Waals surface area contributed by atoms with E-state index in [1.54, 1.807) is 0 Å². The molecular weight excluding hydrogens is 248 g/mol. The van der Waals surface area contributed by atoms with Crippen molar-refractivity contribution in [3.05, 3.63) is 11.9 Å². The zero-order valence-corrected chi connectivity index (χ0v) is 13.3. The molecule has 20 heavy (non-hydrogen) atoms. The zero-order chi connectivity index (χ0) is 14.6. The van der Waals surface area contributed by atoms with Gasteiger partial charge in [0.2, 0.25) is 0 Å². The molecule has 0 aliphatic heterocycles. The molecule has 1 aliphatic carbocycles. The van der Waals surface area contributed by atoms with Crippen LogP contribution in [0, 0.1) is 5.92 Å². The first kappa shape index (κ1) is 15.1. The Morgan fingerprint density at radius 3 is 2.25 bits per heavy atom. The second-order valence-corrected chi connectivity index (χ2v) is 6.77. The van der Waals surface area contributed by atoms with Crippen molar-refractivity contribution in [1.29, 1.82) is 0 Å². The topological polar surface area (TPSA) is 49.8 Å². The summed E-state index contributed by atoms with van der Waals surface area (Å²) in [5.74, 6) is 3.57. The summed E-state index contributed by atoms with van der Waals surface area (Å²) in [4.78, 5) is 9.30. The third kappa shape index (κ3) is 4.09. The van der Waals surface area contributed by atoms with Crippen molar-refractivity contribution >= 4 is 11.6 Å². The lowest BCUT2D eigenvalue weighted by Crippen LogP contribution is -2.20. The lowest BCUT2D eigenvalue weighted by Gasteiger charge is -2.20. The molecule has 0 bridgehead atoms. The molecule has 0 atom stereocenters.